The quantitative estimate of drug-likeness (QED) is 0.669. The van der Waals surface area contributed by atoms with Crippen LogP contribution < -0.4 is 14.7 Å². The van der Waals surface area contributed by atoms with Gasteiger partial charge < -0.3 is 14.7 Å². The molecule has 9 heteroatoms. The Morgan fingerprint density at radius 2 is 1.61 bits per heavy atom. The zero-order valence-electron chi connectivity index (χ0n) is 16.0. The Hall–Kier alpha value is -3.23. The topological polar surface area (TPSA) is 79.1 Å². The lowest BCUT2D eigenvalue weighted by atomic mass is 10.0. The molecule has 0 N–H and O–H groups in total. The third-order valence-electron chi connectivity index (χ3n) is 5.54. The van der Waals surface area contributed by atoms with Crippen LogP contribution in [0.15, 0.2) is 43.1 Å². The summed E-state index contributed by atoms with van der Waals surface area (Å²) < 4.78 is 1.77. The van der Waals surface area contributed by atoms with Crippen LogP contribution in [0.25, 0.3) is 5.82 Å². The van der Waals surface area contributed by atoms with Crippen LogP contribution in [0.4, 0.5) is 17.6 Å². The summed E-state index contributed by atoms with van der Waals surface area (Å²) in [6.45, 7) is 4.04. The molecule has 0 aromatic carbocycles. The molecule has 5 rings (SSSR count). The average molecular weight is 377 g/mol. The maximum absolute atomic E-state index is 4.70. The predicted molar refractivity (Wildman–Crippen MR) is 107 cm³/mol. The Labute approximate surface area is 163 Å². The van der Waals surface area contributed by atoms with Crippen LogP contribution in [-0.4, -0.2) is 70.0 Å². The lowest BCUT2D eigenvalue weighted by Gasteiger charge is -2.23. The molecule has 2 unspecified atom stereocenters. The van der Waals surface area contributed by atoms with Crippen molar-refractivity contribution >= 4 is 17.6 Å². The molecule has 0 amide bonds. The van der Waals surface area contributed by atoms with Crippen molar-refractivity contribution in [2.24, 2.45) is 11.8 Å². The van der Waals surface area contributed by atoms with Crippen molar-refractivity contribution in [1.82, 2.24) is 29.7 Å². The molecule has 2 saturated heterocycles. The first-order valence-electron chi connectivity index (χ1n) is 9.50. The highest BCUT2D eigenvalue weighted by atomic mass is 15.3. The Morgan fingerprint density at radius 3 is 2.29 bits per heavy atom. The fraction of sp³-hybridized carbons (Fsp3) is 0.421. The zero-order valence-corrected chi connectivity index (χ0v) is 16.0. The summed E-state index contributed by atoms with van der Waals surface area (Å²) in [4.78, 5) is 24.5. The van der Waals surface area contributed by atoms with Crippen molar-refractivity contribution < 1.29 is 0 Å². The molecule has 28 heavy (non-hydrogen) atoms. The van der Waals surface area contributed by atoms with Crippen molar-refractivity contribution in [2.75, 3.05) is 55.0 Å². The van der Waals surface area contributed by atoms with Gasteiger partial charge in [0.1, 0.15) is 18.0 Å². The van der Waals surface area contributed by atoms with E-state index in [0.717, 1.165) is 49.6 Å². The summed E-state index contributed by atoms with van der Waals surface area (Å²) >= 11 is 0. The monoisotopic (exact) mass is 377 g/mol. The normalized spacial score (nSPS) is 21.2. The second-order valence-corrected chi connectivity index (χ2v) is 7.62. The van der Waals surface area contributed by atoms with Crippen LogP contribution in [0, 0.1) is 11.8 Å². The highest BCUT2D eigenvalue weighted by Gasteiger charge is 2.41. The highest BCUT2D eigenvalue weighted by Crippen LogP contribution is 2.35. The molecule has 2 aliphatic rings. The van der Waals surface area contributed by atoms with Crippen molar-refractivity contribution in [2.45, 2.75) is 0 Å². The van der Waals surface area contributed by atoms with E-state index >= 15 is 0 Å². The first-order valence-corrected chi connectivity index (χ1v) is 9.50. The van der Waals surface area contributed by atoms with Gasteiger partial charge in [0, 0.05) is 76.8 Å². The van der Waals surface area contributed by atoms with Crippen molar-refractivity contribution in [3.63, 3.8) is 0 Å². The minimum atomic E-state index is 0.612. The largest absolute Gasteiger partial charge is 0.356 e. The van der Waals surface area contributed by atoms with E-state index < -0.39 is 0 Å². The summed E-state index contributed by atoms with van der Waals surface area (Å²) in [6.07, 6.45) is 7.12. The van der Waals surface area contributed by atoms with Crippen molar-refractivity contribution in [1.29, 1.82) is 0 Å². The number of fused-ring (bicyclic) bond motifs is 1. The van der Waals surface area contributed by atoms with Crippen LogP contribution in [0.2, 0.25) is 0 Å². The van der Waals surface area contributed by atoms with Gasteiger partial charge in [0.05, 0.1) is 0 Å². The van der Waals surface area contributed by atoms with E-state index in [1.54, 1.807) is 17.2 Å². The predicted octanol–water partition coefficient (Wildman–Crippen LogP) is 1.09. The van der Waals surface area contributed by atoms with Crippen LogP contribution in [0.3, 0.4) is 0 Å². The first kappa shape index (κ1) is 16.9. The minimum Gasteiger partial charge on any atom is -0.356 e. The molecule has 2 atom stereocenters. The van der Waals surface area contributed by atoms with Gasteiger partial charge in [0.25, 0.3) is 0 Å². The molecule has 5 heterocycles. The fourth-order valence-electron chi connectivity index (χ4n) is 4.14. The van der Waals surface area contributed by atoms with Gasteiger partial charge in [-0.25, -0.2) is 19.6 Å². The van der Waals surface area contributed by atoms with E-state index in [0.29, 0.717) is 11.8 Å². The van der Waals surface area contributed by atoms with Gasteiger partial charge in [0.15, 0.2) is 5.82 Å². The molecular formula is C19H23N9. The van der Waals surface area contributed by atoms with Gasteiger partial charge in [0.2, 0.25) is 5.95 Å². The second kappa shape index (κ2) is 6.74. The number of aromatic nitrogens is 6. The zero-order chi connectivity index (χ0) is 19.1. The average Bonchev–Trinajstić information content (AvgIpc) is 3.44. The number of hydrogen-bond acceptors (Lipinski definition) is 8. The van der Waals surface area contributed by atoms with E-state index in [9.17, 15) is 0 Å². The molecular weight excluding hydrogens is 354 g/mol. The van der Waals surface area contributed by atoms with Gasteiger partial charge in [-0.1, -0.05) is 0 Å². The lowest BCUT2D eigenvalue weighted by molar-refractivity contribution is 0.533. The van der Waals surface area contributed by atoms with Gasteiger partial charge >= 0.3 is 0 Å². The van der Waals surface area contributed by atoms with Gasteiger partial charge in [-0.3, -0.25) is 0 Å². The van der Waals surface area contributed by atoms with E-state index in [4.69, 9.17) is 4.98 Å². The molecule has 0 radical (unpaired) electrons. The van der Waals surface area contributed by atoms with Crippen LogP contribution in [0.1, 0.15) is 0 Å². The molecule has 3 aromatic heterocycles. The van der Waals surface area contributed by atoms with Crippen LogP contribution >= 0.6 is 0 Å². The Bertz CT molecular complexity index is 942. The lowest BCUT2D eigenvalue weighted by Crippen LogP contribution is -2.30. The standard InChI is InChI=1S/C19H23N9/c1-25(2)19-20-6-4-16(24-19)26-9-14-11-27(12-15(14)10-26)17-8-18(22-13-21-17)28-7-3-5-23-28/h3-8,13-15H,9-12H2,1-2H3. The molecule has 0 saturated carbocycles. The van der Waals surface area contributed by atoms with Gasteiger partial charge in [-0.15, -0.1) is 0 Å². The minimum absolute atomic E-state index is 0.612. The fourth-order valence-corrected chi connectivity index (χ4v) is 4.14. The third-order valence-corrected chi connectivity index (χ3v) is 5.54. The molecule has 2 aliphatic heterocycles. The molecule has 3 aromatic rings. The molecule has 0 bridgehead atoms. The maximum atomic E-state index is 4.70. The number of hydrogen-bond donors (Lipinski definition) is 0. The van der Waals surface area contributed by atoms with E-state index in [-0.39, 0.29) is 0 Å². The SMILES string of the molecule is CN(C)c1nccc(N2CC3CN(c4cc(-n5cccn5)ncn4)CC3C2)n1. The molecule has 0 aliphatic carbocycles. The summed E-state index contributed by atoms with van der Waals surface area (Å²) in [6, 6.07) is 5.91. The van der Waals surface area contributed by atoms with Crippen LogP contribution in [0.5, 0.6) is 0 Å². The first-order chi connectivity index (χ1) is 13.7. The molecule has 144 valence electrons. The summed E-state index contributed by atoms with van der Waals surface area (Å²) in [7, 11) is 3.93. The van der Waals surface area contributed by atoms with Gasteiger partial charge in [-0.05, 0) is 12.1 Å². The molecule has 9 nitrogen and oxygen atoms in total. The summed E-state index contributed by atoms with van der Waals surface area (Å²) in [5.41, 5.74) is 0. The highest BCUT2D eigenvalue weighted by molar-refractivity contribution is 5.48. The molecule has 0 spiro atoms. The Morgan fingerprint density at radius 1 is 0.893 bits per heavy atom. The molecule has 2 fully saturated rings. The Balaban J connectivity index is 1.29. The summed E-state index contributed by atoms with van der Waals surface area (Å²) in [5.74, 6) is 4.76. The summed E-state index contributed by atoms with van der Waals surface area (Å²) in [5, 5.41) is 4.26. The smallest absolute Gasteiger partial charge is 0.226 e. The van der Waals surface area contributed by atoms with E-state index in [1.165, 1.54) is 0 Å². The Kier molecular flexibility index (Phi) is 4.07. The van der Waals surface area contributed by atoms with Crippen LogP contribution in [-0.2, 0) is 0 Å². The maximum Gasteiger partial charge on any atom is 0.226 e. The third kappa shape index (κ3) is 3.02. The van der Waals surface area contributed by atoms with E-state index in [1.807, 2.05) is 49.6 Å². The van der Waals surface area contributed by atoms with Crippen molar-refractivity contribution in [3.05, 3.63) is 43.1 Å². The number of anilines is 3. The van der Waals surface area contributed by atoms with Crippen molar-refractivity contribution in [3.8, 4) is 5.82 Å². The van der Waals surface area contributed by atoms with Gasteiger partial charge in [-0.2, -0.15) is 10.1 Å². The van der Waals surface area contributed by atoms with E-state index in [2.05, 4.69) is 29.9 Å². The second-order valence-electron chi connectivity index (χ2n) is 7.62. The number of nitrogens with zero attached hydrogens (tertiary/aromatic N) is 9. The number of rotatable bonds is 4.